The minimum Gasteiger partial charge on any atom is -0.379 e. The van der Waals surface area contributed by atoms with Crippen LogP contribution in [0.3, 0.4) is 0 Å². The molecule has 0 aliphatic heterocycles. The molecule has 0 atom stereocenters. The van der Waals surface area contributed by atoms with Crippen LogP contribution in [0.4, 0.5) is 0 Å². The summed E-state index contributed by atoms with van der Waals surface area (Å²) < 4.78 is 15.4. The van der Waals surface area contributed by atoms with Gasteiger partial charge in [0, 0.05) is 42.2 Å². The molecule has 0 fully saturated rings. The van der Waals surface area contributed by atoms with Crippen molar-refractivity contribution in [2.45, 2.75) is 24.9 Å². The van der Waals surface area contributed by atoms with Crippen molar-refractivity contribution in [2.75, 3.05) is 32.0 Å². The monoisotopic (exact) mass is 302 g/mol. The first-order valence-electron chi connectivity index (χ1n) is 5.26. The lowest BCUT2D eigenvalue weighted by Gasteiger charge is -2.23. The van der Waals surface area contributed by atoms with Crippen molar-refractivity contribution in [3.63, 3.8) is 0 Å². The predicted octanol–water partition coefficient (Wildman–Crippen LogP) is -0.738. The maximum atomic E-state index is 5.36. The van der Waals surface area contributed by atoms with Crippen LogP contribution in [0.1, 0.15) is 13.8 Å². The number of rotatable bonds is 6. The molecule has 100 valence electrons. The molecular formula is C9H26O3S2Si2. The van der Waals surface area contributed by atoms with Crippen LogP contribution < -0.4 is 0 Å². The van der Waals surface area contributed by atoms with Gasteiger partial charge in [0.15, 0.2) is 0 Å². The highest BCUT2D eigenvalue weighted by Crippen LogP contribution is 2.08. The van der Waals surface area contributed by atoms with E-state index in [-0.39, 0.29) is 11.0 Å². The highest BCUT2D eigenvalue weighted by atomic mass is 32.1. The van der Waals surface area contributed by atoms with E-state index in [9.17, 15) is 0 Å². The molecule has 0 N–H and O–H groups in total. The van der Waals surface area contributed by atoms with Gasteiger partial charge in [0.2, 0.25) is 0 Å². The molecule has 0 aliphatic rings. The predicted molar refractivity (Wildman–Crippen MR) is 84.4 cm³/mol. The molecule has 0 spiro atoms. The van der Waals surface area contributed by atoms with E-state index >= 15 is 0 Å². The van der Waals surface area contributed by atoms with Gasteiger partial charge in [-0.25, -0.2) is 0 Å². The van der Waals surface area contributed by atoms with Crippen molar-refractivity contribution in [1.29, 1.82) is 0 Å². The molecule has 0 aromatic heterocycles. The van der Waals surface area contributed by atoms with Gasteiger partial charge in [0.05, 0.1) is 15.8 Å². The molecule has 0 bridgehead atoms. The Labute approximate surface area is 117 Å². The molecule has 0 rings (SSSR count). The lowest BCUT2D eigenvalue weighted by molar-refractivity contribution is -0.123. The van der Waals surface area contributed by atoms with Gasteiger partial charge in [0.25, 0.3) is 0 Å². The van der Waals surface area contributed by atoms with Gasteiger partial charge in [-0.1, -0.05) is 0 Å². The summed E-state index contributed by atoms with van der Waals surface area (Å²) in [7, 11) is 5.23. The third kappa shape index (κ3) is 10.2. The van der Waals surface area contributed by atoms with Gasteiger partial charge >= 0.3 is 0 Å². The quantitative estimate of drug-likeness (QED) is 0.385. The van der Waals surface area contributed by atoms with Crippen LogP contribution in [0.2, 0.25) is 0 Å². The summed E-state index contributed by atoms with van der Waals surface area (Å²) in [5.41, 5.74) is -0.381. The van der Waals surface area contributed by atoms with E-state index in [2.05, 4.69) is 39.1 Å². The van der Waals surface area contributed by atoms with Crippen LogP contribution in [-0.4, -0.2) is 63.5 Å². The maximum absolute atomic E-state index is 5.36. The van der Waals surface area contributed by atoms with Crippen molar-refractivity contribution in [1.82, 2.24) is 0 Å². The minimum atomic E-state index is -0.372. The van der Waals surface area contributed by atoms with Crippen molar-refractivity contribution >= 4 is 45.7 Å². The Morgan fingerprint density at radius 2 is 1.50 bits per heavy atom. The Morgan fingerprint density at radius 3 is 1.56 bits per heavy atom. The Bertz CT molecular complexity index is 159. The summed E-state index contributed by atoms with van der Waals surface area (Å²) in [6.07, 6.45) is 0.910. The van der Waals surface area contributed by atoms with E-state index in [1.165, 1.54) is 0 Å². The van der Waals surface area contributed by atoms with Crippen molar-refractivity contribution < 1.29 is 14.2 Å². The molecule has 0 radical (unpaired) electrons. The van der Waals surface area contributed by atoms with Gasteiger partial charge in [0.1, 0.15) is 5.41 Å². The Balaban J connectivity index is 0. The molecule has 0 aromatic rings. The van der Waals surface area contributed by atoms with E-state index in [0.29, 0.717) is 5.75 Å². The summed E-state index contributed by atoms with van der Waals surface area (Å²) in [5, 5.41) is 0. The van der Waals surface area contributed by atoms with E-state index in [0.717, 1.165) is 32.5 Å². The van der Waals surface area contributed by atoms with E-state index < -0.39 is 0 Å². The zero-order valence-corrected chi connectivity index (χ0v) is 17.0. The molecule has 0 unspecified atom stereocenters. The van der Waals surface area contributed by atoms with Gasteiger partial charge in [-0.15, -0.1) is 0 Å². The molecule has 0 heterocycles. The number of ether oxygens (including phenoxy) is 3. The SMILES string of the molecule is CC(C)(CS)OC[SiH3].COC([SiH3])(CS)OC. The van der Waals surface area contributed by atoms with Gasteiger partial charge in [-0.3, -0.25) is 0 Å². The van der Waals surface area contributed by atoms with Crippen LogP contribution in [0.5, 0.6) is 0 Å². The van der Waals surface area contributed by atoms with E-state index in [1.54, 1.807) is 14.2 Å². The van der Waals surface area contributed by atoms with Gasteiger partial charge < -0.3 is 14.2 Å². The maximum Gasteiger partial charge on any atom is 0.149 e. The lowest BCUT2D eigenvalue weighted by Crippen LogP contribution is -2.36. The summed E-state index contributed by atoms with van der Waals surface area (Å²) in [6.45, 7) is 4.11. The minimum absolute atomic E-state index is 0.00907. The van der Waals surface area contributed by atoms with Crippen LogP contribution in [0.25, 0.3) is 0 Å². The normalized spacial score (nSPS) is 12.4. The average Bonchev–Trinajstić information content (AvgIpc) is 2.29. The third-order valence-electron chi connectivity index (χ3n) is 2.07. The molecule has 16 heavy (non-hydrogen) atoms. The first-order chi connectivity index (χ1) is 7.30. The highest BCUT2D eigenvalue weighted by Gasteiger charge is 2.18. The fraction of sp³-hybridized carbons (Fsp3) is 1.00. The number of methoxy groups -OCH3 is 2. The third-order valence-corrected chi connectivity index (χ3v) is 5.46. The first-order valence-corrected chi connectivity index (χ1v) is 8.94. The molecule has 7 heteroatoms. The molecule has 3 nitrogen and oxygen atoms in total. The molecule has 0 saturated carbocycles. The average molecular weight is 303 g/mol. The van der Waals surface area contributed by atoms with Crippen LogP contribution in [-0.2, 0) is 14.2 Å². The molecule has 0 saturated heterocycles. The smallest absolute Gasteiger partial charge is 0.149 e. The fourth-order valence-electron chi connectivity index (χ4n) is 0.649. The van der Waals surface area contributed by atoms with Crippen molar-refractivity contribution in [3.8, 4) is 0 Å². The van der Waals surface area contributed by atoms with Crippen LogP contribution in [0, 0.1) is 0 Å². The van der Waals surface area contributed by atoms with Gasteiger partial charge in [-0.2, -0.15) is 25.3 Å². The standard InChI is InChI=1S/C5H14OSSi.C4H12O2SSi/c1-5(2,3-7)6-4-8;1-5-4(8,3-7)6-2/h7H,3-4H2,1-2,8H3;7H,3H2,1-2,8H3. The zero-order chi connectivity index (χ0) is 13.2. The Hall–Kier alpha value is 1.01. The largest absolute Gasteiger partial charge is 0.379 e. The number of hydrogen-bond acceptors (Lipinski definition) is 5. The molecule has 0 aliphatic carbocycles. The topological polar surface area (TPSA) is 27.7 Å². The summed E-state index contributed by atoms with van der Waals surface area (Å²) in [4.78, 5) is 0. The first kappa shape index (κ1) is 19.4. The zero-order valence-electron chi connectivity index (χ0n) is 11.2. The van der Waals surface area contributed by atoms with Gasteiger partial charge in [-0.05, 0) is 13.8 Å². The second-order valence-corrected chi connectivity index (χ2v) is 6.78. The van der Waals surface area contributed by atoms with Crippen LogP contribution >= 0.6 is 25.3 Å². The lowest BCUT2D eigenvalue weighted by atomic mass is 10.2. The number of hydrogen-bond donors (Lipinski definition) is 2. The molecule has 0 amide bonds. The summed E-state index contributed by atoms with van der Waals surface area (Å²) in [6, 6.07) is 0. The Morgan fingerprint density at radius 1 is 1.06 bits per heavy atom. The molecular weight excluding hydrogens is 276 g/mol. The highest BCUT2D eigenvalue weighted by molar-refractivity contribution is 7.80. The van der Waals surface area contributed by atoms with Crippen LogP contribution in [0.15, 0.2) is 0 Å². The van der Waals surface area contributed by atoms with E-state index in [1.807, 2.05) is 0 Å². The molecule has 0 aromatic carbocycles. The summed E-state index contributed by atoms with van der Waals surface area (Å²) in [5.74, 6) is 1.43. The second-order valence-electron chi connectivity index (χ2n) is 4.05. The number of thiol groups is 2. The Kier molecular flexibility index (Phi) is 12.1. The fourth-order valence-corrected chi connectivity index (χ4v) is 1.78. The van der Waals surface area contributed by atoms with E-state index in [4.69, 9.17) is 14.2 Å². The van der Waals surface area contributed by atoms with Crippen molar-refractivity contribution in [3.05, 3.63) is 0 Å². The van der Waals surface area contributed by atoms with Crippen molar-refractivity contribution in [2.24, 2.45) is 0 Å². The second kappa shape index (κ2) is 9.98. The summed E-state index contributed by atoms with van der Waals surface area (Å²) >= 11 is 8.17.